The van der Waals surface area contributed by atoms with Gasteiger partial charge in [-0.1, -0.05) is 25.5 Å². The Bertz CT molecular complexity index is 1170. The zero-order valence-corrected chi connectivity index (χ0v) is 20.2. The first kappa shape index (κ1) is 23.4. The van der Waals surface area contributed by atoms with Crippen molar-refractivity contribution < 1.29 is 18.0 Å². The highest BCUT2D eigenvalue weighted by atomic mass is 32.2. The van der Waals surface area contributed by atoms with Crippen LogP contribution < -0.4 is 10.2 Å². The summed E-state index contributed by atoms with van der Waals surface area (Å²) in [6, 6.07) is 12.4. The normalized spacial score (nSPS) is 18.2. The fourth-order valence-electron chi connectivity index (χ4n) is 4.49. The van der Waals surface area contributed by atoms with Crippen molar-refractivity contribution in [2.75, 3.05) is 23.8 Å². The minimum absolute atomic E-state index is 0.00782. The number of carbonyl (C=O) groups excluding carboxylic acids is 2. The van der Waals surface area contributed by atoms with Crippen molar-refractivity contribution in [2.45, 2.75) is 56.9 Å². The number of amides is 2. The Labute approximate surface area is 195 Å². The molecule has 33 heavy (non-hydrogen) atoms. The van der Waals surface area contributed by atoms with Crippen LogP contribution in [0.15, 0.2) is 47.4 Å². The van der Waals surface area contributed by atoms with Gasteiger partial charge >= 0.3 is 0 Å². The van der Waals surface area contributed by atoms with Gasteiger partial charge in [-0.05, 0) is 74.1 Å². The zero-order chi connectivity index (χ0) is 23.8. The summed E-state index contributed by atoms with van der Waals surface area (Å²) in [7, 11) is -2.45. The number of carbonyl (C=O) groups is 2. The number of fused-ring (bicyclic) bond motifs is 1. The molecule has 1 N–H and O–H groups in total. The molecule has 176 valence electrons. The third kappa shape index (κ3) is 4.68. The summed E-state index contributed by atoms with van der Waals surface area (Å²) < 4.78 is 27.4. The number of rotatable bonds is 7. The Hall–Kier alpha value is -2.71. The highest BCUT2D eigenvalue weighted by Gasteiger charge is 2.37. The standard InChI is InChI=1S/C25H31N3O4S/c1-4-18-7-5-10-21(14-18)26-24(29)16-27(3)33(31,32)22-11-12-23-20(15-22)13-17(2)28(23)25(30)19-8-6-9-19/h5,7,10-12,14-15,17,19H,4,6,8-9,13,16H2,1-3H3,(H,26,29). The van der Waals surface area contributed by atoms with Gasteiger partial charge in [0.15, 0.2) is 0 Å². The van der Waals surface area contributed by atoms with Crippen LogP contribution in [-0.2, 0) is 32.5 Å². The Morgan fingerprint density at radius 2 is 1.91 bits per heavy atom. The van der Waals surface area contributed by atoms with Gasteiger partial charge in [0.2, 0.25) is 21.8 Å². The Balaban J connectivity index is 1.47. The summed E-state index contributed by atoms with van der Waals surface area (Å²) in [4.78, 5) is 27.3. The van der Waals surface area contributed by atoms with Crippen LogP contribution >= 0.6 is 0 Å². The second kappa shape index (κ2) is 9.27. The fourth-order valence-corrected chi connectivity index (χ4v) is 5.67. The predicted octanol–water partition coefficient (Wildman–Crippen LogP) is 3.59. The van der Waals surface area contributed by atoms with Gasteiger partial charge in [0.05, 0.1) is 11.4 Å². The molecule has 2 aliphatic rings. The van der Waals surface area contributed by atoms with Crippen LogP contribution in [0.1, 0.15) is 44.2 Å². The molecule has 2 aromatic carbocycles. The maximum absolute atomic E-state index is 13.1. The smallest absolute Gasteiger partial charge is 0.243 e. The van der Waals surface area contributed by atoms with E-state index in [4.69, 9.17) is 0 Å². The van der Waals surface area contributed by atoms with Crippen molar-refractivity contribution in [1.82, 2.24) is 4.31 Å². The molecule has 2 amide bonds. The van der Waals surface area contributed by atoms with E-state index >= 15 is 0 Å². The van der Waals surface area contributed by atoms with E-state index in [9.17, 15) is 18.0 Å². The maximum Gasteiger partial charge on any atom is 0.243 e. The first-order valence-electron chi connectivity index (χ1n) is 11.5. The van der Waals surface area contributed by atoms with Gasteiger partial charge in [0, 0.05) is 30.4 Å². The van der Waals surface area contributed by atoms with Crippen LogP contribution in [0.2, 0.25) is 0 Å². The third-order valence-electron chi connectivity index (χ3n) is 6.65. The number of nitrogens with one attached hydrogen (secondary N) is 1. The molecular formula is C25H31N3O4S. The molecule has 0 aromatic heterocycles. The summed E-state index contributed by atoms with van der Waals surface area (Å²) in [6.45, 7) is 3.73. The largest absolute Gasteiger partial charge is 0.325 e. The second-order valence-corrected chi connectivity index (χ2v) is 11.1. The van der Waals surface area contributed by atoms with Crippen LogP contribution in [0.25, 0.3) is 0 Å². The summed E-state index contributed by atoms with van der Waals surface area (Å²) in [5, 5.41) is 2.77. The van der Waals surface area contributed by atoms with Gasteiger partial charge in [-0.2, -0.15) is 4.31 Å². The number of nitrogens with zero attached hydrogens (tertiary/aromatic N) is 2. The SMILES string of the molecule is CCc1cccc(NC(=O)CN(C)S(=O)(=O)c2ccc3c(c2)CC(C)N3C(=O)C2CCC2)c1. The number of hydrogen-bond donors (Lipinski definition) is 1. The van der Waals surface area contributed by atoms with E-state index in [2.05, 4.69) is 5.32 Å². The molecule has 8 heteroatoms. The van der Waals surface area contributed by atoms with Crippen molar-refractivity contribution in [1.29, 1.82) is 0 Å². The van der Waals surface area contributed by atoms with Gasteiger partial charge in [-0.15, -0.1) is 0 Å². The summed E-state index contributed by atoms with van der Waals surface area (Å²) >= 11 is 0. The number of anilines is 2. The molecule has 0 radical (unpaired) electrons. The van der Waals surface area contributed by atoms with Gasteiger partial charge in [0.25, 0.3) is 0 Å². The molecular weight excluding hydrogens is 438 g/mol. The Morgan fingerprint density at radius 3 is 2.58 bits per heavy atom. The van der Waals surface area contributed by atoms with E-state index in [0.29, 0.717) is 12.1 Å². The molecule has 1 heterocycles. The number of hydrogen-bond acceptors (Lipinski definition) is 4. The predicted molar refractivity (Wildman–Crippen MR) is 129 cm³/mol. The average Bonchev–Trinajstić information content (AvgIpc) is 3.07. The highest BCUT2D eigenvalue weighted by Crippen LogP contribution is 2.38. The van der Waals surface area contributed by atoms with Crippen molar-refractivity contribution in [2.24, 2.45) is 5.92 Å². The molecule has 1 saturated carbocycles. The van der Waals surface area contributed by atoms with Gasteiger partial charge in [0.1, 0.15) is 0 Å². The number of likely N-dealkylation sites (N-methyl/N-ethyl adjacent to an activating group) is 1. The van der Waals surface area contributed by atoms with Crippen molar-refractivity contribution in [3.05, 3.63) is 53.6 Å². The quantitative estimate of drug-likeness (QED) is 0.671. The molecule has 0 spiro atoms. The van der Waals surface area contributed by atoms with E-state index in [-0.39, 0.29) is 29.3 Å². The van der Waals surface area contributed by atoms with Crippen LogP contribution in [0, 0.1) is 5.92 Å². The summed E-state index contributed by atoms with van der Waals surface area (Å²) in [5.41, 5.74) is 3.39. The van der Waals surface area contributed by atoms with Gasteiger partial charge in [-0.25, -0.2) is 8.42 Å². The van der Waals surface area contributed by atoms with E-state index < -0.39 is 15.9 Å². The molecule has 1 unspecified atom stereocenters. The number of benzene rings is 2. The van der Waals surface area contributed by atoms with Crippen molar-refractivity contribution in [3.8, 4) is 0 Å². The maximum atomic E-state index is 13.1. The zero-order valence-electron chi connectivity index (χ0n) is 19.4. The molecule has 0 saturated heterocycles. The van der Waals surface area contributed by atoms with E-state index in [1.165, 1.54) is 13.1 Å². The lowest BCUT2D eigenvalue weighted by molar-refractivity contribution is -0.125. The van der Waals surface area contributed by atoms with Crippen LogP contribution in [-0.4, -0.2) is 44.2 Å². The van der Waals surface area contributed by atoms with Crippen molar-refractivity contribution >= 4 is 33.2 Å². The van der Waals surface area contributed by atoms with E-state index in [1.54, 1.807) is 18.2 Å². The first-order valence-corrected chi connectivity index (χ1v) is 13.0. The minimum Gasteiger partial charge on any atom is -0.325 e. The minimum atomic E-state index is -3.86. The molecule has 1 aliphatic heterocycles. The molecule has 1 aliphatic carbocycles. The fraction of sp³-hybridized carbons (Fsp3) is 0.440. The van der Waals surface area contributed by atoms with Crippen LogP contribution in [0.3, 0.4) is 0 Å². The molecule has 7 nitrogen and oxygen atoms in total. The highest BCUT2D eigenvalue weighted by molar-refractivity contribution is 7.89. The molecule has 0 bridgehead atoms. The van der Waals surface area contributed by atoms with Crippen molar-refractivity contribution in [3.63, 3.8) is 0 Å². The average molecular weight is 470 g/mol. The monoisotopic (exact) mass is 469 g/mol. The van der Waals surface area contributed by atoms with Gasteiger partial charge in [-0.3, -0.25) is 9.59 Å². The Kier molecular flexibility index (Phi) is 6.59. The van der Waals surface area contributed by atoms with E-state index in [0.717, 1.165) is 46.8 Å². The summed E-state index contributed by atoms with van der Waals surface area (Å²) in [5.74, 6) is -0.171. The molecule has 4 rings (SSSR count). The lowest BCUT2D eigenvalue weighted by atomic mass is 9.84. The lowest BCUT2D eigenvalue weighted by Gasteiger charge is -2.32. The lowest BCUT2D eigenvalue weighted by Crippen LogP contribution is -2.42. The van der Waals surface area contributed by atoms with Crippen LogP contribution in [0.4, 0.5) is 11.4 Å². The first-order chi connectivity index (χ1) is 15.7. The van der Waals surface area contributed by atoms with E-state index in [1.807, 2.05) is 36.9 Å². The molecule has 1 fully saturated rings. The molecule has 1 atom stereocenters. The summed E-state index contributed by atoms with van der Waals surface area (Å²) in [6.07, 6.45) is 4.42. The molecule has 2 aromatic rings. The Morgan fingerprint density at radius 1 is 1.15 bits per heavy atom. The van der Waals surface area contributed by atoms with Gasteiger partial charge < -0.3 is 10.2 Å². The number of aryl methyl sites for hydroxylation is 1. The second-order valence-electron chi connectivity index (χ2n) is 9.04. The van der Waals surface area contributed by atoms with Crippen LogP contribution in [0.5, 0.6) is 0 Å². The third-order valence-corrected chi connectivity index (χ3v) is 8.45. The topological polar surface area (TPSA) is 86.8 Å². The number of sulfonamides is 1.